The van der Waals surface area contributed by atoms with E-state index >= 15 is 0 Å². The average molecular weight is 486 g/mol. The van der Waals surface area contributed by atoms with E-state index in [9.17, 15) is 0 Å². The van der Waals surface area contributed by atoms with Gasteiger partial charge in [-0.3, -0.25) is 0 Å². The molecule has 6 aromatic rings. The van der Waals surface area contributed by atoms with Crippen molar-refractivity contribution in [2.45, 2.75) is 26.2 Å². The topological polar surface area (TPSA) is 4.93 Å². The van der Waals surface area contributed by atoms with Crippen molar-refractivity contribution in [1.82, 2.24) is 4.57 Å². The highest BCUT2D eigenvalue weighted by atomic mass is 35.5. The van der Waals surface area contributed by atoms with Crippen LogP contribution >= 0.6 is 11.6 Å². The Balaban J connectivity index is 1.74. The summed E-state index contributed by atoms with van der Waals surface area (Å²) in [7, 11) is 0. The minimum absolute atomic E-state index is 0.0725. The van der Waals surface area contributed by atoms with Gasteiger partial charge in [0.2, 0.25) is 0 Å². The minimum atomic E-state index is 0.0725. The third-order valence-corrected chi connectivity index (χ3v) is 7.32. The SMILES string of the molecule is CC(C)(C)c1ccc2c(c1)c1ccccc1n2-c1cc(-c2ccccc2)cc(Cl)c1-c1ccccc1. The third kappa shape index (κ3) is 3.81. The van der Waals surface area contributed by atoms with Crippen LogP contribution in [-0.2, 0) is 5.41 Å². The van der Waals surface area contributed by atoms with Crippen LogP contribution in [0.4, 0.5) is 0 Å². The fourth-order valence-electron chi connectivity index (χ4n) is 5.16. The molecule has 0 saturated heterocycles. The molecule has 0 radical (unpaired) electrons. The smallest absolute Gasteiger partial charge is 0.0561 e. The van der Waals surface area contributed by atoms with E-state index in [2.05, 4.69) is 128 Å². The second-order valence-electron chi connectivity index (χ2n) is 10.4. The molecule has 176 valence electrons. The number of hydrogen-bond acceptors (Lipinski definition) is 0. The van der Waals surface area contributed by atoms with E-state index in [4.69, 9.17) is 11.6 Å². The Labute approximate surface area is 217 Å². The Morgan fingerprint density at radius 3 is 1.86 bits per heavy atom. The predicted octanol–water partition coefficient (Wildman–Crippen LogP) is 10.1. The molecule has 6 rings (SSSR count). The van der Waals surface area contributed by atoms with Gasteiger partial charge in [-0.1, -0.05) is 117 Å². The largest absolute Gasteiger partial charge is 0.309 e. The highest BCUT2D eigenvalue weighted by molar-refractivity contribution is 6.34. The van der Waals surface area contributed by atoms with Gasteiger partial charge in [-0.15, -0.1) is 0 Å². The van der Waals surface area contributed by atoms with Gasteiger partial charge in [0.25, 0.3) is 0 Å². The maximum Gasteiger partial charge on any atom is 0.0561 e. The lowest BCUT2D eigenvalue weighted by Gasteiger charge is -2.20. The normalized spacial score (nSPS) is 11.9. The Morgan fingerprint density at radius 2 is 1.17 bits per heavy atom. The first-order chi connectivity index (χ1) is 17.4. The van der Waals surface area contributed by atoms with Gasteiger partial charge in [0, 0.05) is 16.3 Å². The number of fused-ring (bicyclic) bond motifs is 3. The third-order valence-electron chi connectivity index (χ3n) is 7.02. The first kappa shape index (κ1) is 22.6. The van der Waals surface area contributed by atoms with Gasteiger partial charge < -0.3 is 4.57 Å². The van der Waals surface area contributed by atoms with Crippen molar-refractivity contribution >= 4 is 33.4 Å². The first-order valence-corrected chi connectivity index (χ1v) is 12.8. The van der Waals surface area contributed by atoms with E-state index in [1.807, 2.05) is 12.1 Å². The Bertz CT molecular complexity index is 1700. The zero-order valence-corrected chi connectivity index (χ0v) is 21.6. The maximum absolute atomic E-state index is 7.11. The molecule has 1 aromatic heterocycles. The Kier molecular flexibility index (Phi) is 5.47. The van der Waals surface area contributed by atoms with E-state index in [1.165, 1.54) is 27.4 Å². The molecule has 2 heteroatoms. The number of halogens is 1. The fourth-order valence-corrected chi connectivity index (χ4v) is 5.48. The van der Waals surface area contributed by atoms with Crippen LogP contribution in [0.5, 0.6) is 0 Å². The zero-order chi connectivity index (χ0) is 24.9. The quantitative estimate of drug-likeness (QED) is 0.235. The summed E-state index contributed by atoms with van der Waals surface area (Å²) < 4.78 is 2.39. The molecule has 0 bridgehead atoms. The second-order valence-corrected chi connectivity index (χ2v) is 10.8. The fraction of sp³-hybridized carbons (Fsp3) is 0.118. The van der Waals surface area contributed by atoms with Crippen LogP contribution < -0.4 is 0 Å². The van der Waals surface area contributed by atoms with Crippen LogP contribution in [0, 0.1) is 0 Å². The summed E-state index contributed by atoms with van der Waals surface area (Å²) in [5.41, 5.74) is 9.25. The number of benzene rings is 5. The molecule has 36 heavy (non-hydrogen) atoms. The molecule has 1 heterocycles. The van der Waals surface area contributed by atoms with Crippen LogP contribution in [-0.4, -0.2) is 4.57 Å². The van der Waals surface area contributed by atoms with Crippen molar-refractivity contribution in [3.8, 4) is 27.9 Å². The maximum atomic E-state index is 7.11. The standard InChI is InChI=1S/C34H28ClN/c1-34(2,3)26-18-19-31-28(22-26)27-16-10-11-17-30(27)36(31)32-21-25(23-12-6-4-7-13-23)20-29(35)33(32)24-14-8-5-9-15-24/h4-22H,1-3H3. The molecule has 0 fully saturated rings. The molecule has 0 unspecified atom stereocenters. The van der Waals surface area contributed by atoms with E-state index in [-0.39, 0.29) is 5.41 Å². The summed E-state index contributed by atoms with van der Waals surface area (Å²) in [6.07, 6.45) is 0. The van der Waals surface area contributed by atoms with Crippen LogP contribution in [0.15, 0.2) is 115 Å². The first-order valence-electron chi connectivity index (χ1n) is 12.4. The van der Waals surface area contributed by atoms with Crippen molar-refractivity contribution in [3.63, 3.8) is 0 Å². The number of hydrogen-bond donors (Lipinski definition) is 0. The number of rotatable bonds is 3. The Morgan fingerprint density at radius 1 is 0.556 bits per heavy atom. The lowest BCUT2D eigenvalue weighted by molar-refractivity contribution is 0.591. The van der Waals surface area contributed by atoms with Crippen molar-refractivity contribution < 1.29 is 0 Å². The average Bonchev–Trinajstić information content (AvgIpc) is 3.22. The number of para-hydroxylation sites is 1. The predicted molar refractivity (Wildman–Crippen MR) is 155 cm³/mol. The van der Waals surface area contributed by atoms with Gasteiger partial charge in [0.1, 0.15) is 0 Å². The molecule has 0 atom stereocenters. The van der Waals surface area contributed by atoms with E-state index in [0.29, 0.717) is 0 Å². The van der Waals surface area contributed by atoms with Crippen molar-refractivity contribution in [2.75, 3.05) is 0 Å². The number of aromatic nitrogens is 1. The van der Waals surface area contributed by atoms with Crippen molar-refractivity contribution in [2.24, 2.45) is 0 Å². The zero-order valence-electron chi connectivity index (χ0n) is 20.8. The van der Waals surface area contributed by atoms with Gasteiger partial charge in [-0.2, -0.15) is 0 Å². The number of nitrogens with zero attached hydrogens (tertiary/aromatic N) is 1. The van der Waals surface area contributed by atoms with Crippen LogP contribution in [0.3, 0.4) is 0 Å². The summed E-state index contributed by atoms with van der Waals surface area (Å²) in [4.78, 5) is 0. The van der Waals surface area contributed by atoms with E-state index < -0.39 is 0 Å². The second kappa shape index (κ2) is 8.69. The molecular formula is C34H28ClN. The van der Waals surface area contributed by atoms with E-state index in [0.717, 1.165) is 33.0 Å². The summed E-state index contributed by atoms with van der Waals surface area (Å²) in [5, 5.41) is 3.26. The minimum Gasteiger partial charge on any atom is -0.309 e. The van der Waals surface area contributed by atoms with Gasteiger partial charge >= 0.3 is 0 Å². The van der Waals surface area contributed by atoms with Crippen LogP contribution in [0.1, 0.15) is 26.3 Å². The van der Waals surface area contributed by atoms with Gasteiger partial charge in [0.15, 0.2) is 0 Å². The highest BCUT2D eigenvalue weighted by Crippen LogP contribution is 2.42. The monoisotopic (exact) mass is 485 g/mol. The molecule has 0 amide bonds. The van der Waals surface area contributed by atoms with Crippen molar-refractivity contribution in [3.05, 3.63) is 126 Å². The summed E-state index contributed by atoms with van der Waals surface area (Å²) in [6.45, 7) is 6.80. The van der Waals surface area contributed by atoms with E-state index in [1.54, 1.807) is 0 Å². The highest BCUT2D eigenvalue weighted by Gasteiger charge is 2.21. The molecule has 0 aliphatic rings. The molecular weight excluding hydrogens is 458 g/mol. The van der Waals surface area contributed by atoms with Crippen LogP contribution in [0.2, 0.25) is 5.02 Å². The Hall–Kier alpha value is -3.81. The summed E-state index contributed by atoms with van der Waals surface area (Å²) >= 11 is 7.11. The molecule has 0 spiro atoms. The molecule has 0 aliphatic carbocycles. The molecule has 5 aromatic carbocycles. The van der Waals surface area contributed by atoms with Crippen molar-refractivity contribution in [1.29, 1.82) is 0 Å². The van der Waals surface area contributed by atoms with Gasteiger partial charge in [-0.05, 0) is 58.0 Å². The molecule has 0 saturated carbocycles. The lowest BCUT2D eigenvalue weighted by Crippen LogP contribution is -2.10. The van der Waals surface area contributed by atoms with Gasteiger partial charge in [-0.25, -0.2) is 0 Å². The molecule has 1 nitrogen and oxygen atoms in total. The summed E-state index contributed by atoms with van der Waals surface area (Å²) in [6, 6.07) is 40.9. The summed E-state index contributed by atoms with van der Waals surface area (Å²) in [5.74, 6) is 0. The van der Waals surface area contributed by atoms with Crippen LogP contribution in [0.25, 0.3) is 49.7 Å². The molecule has 0 aliphatic heterocycles. The lowest BCUT2D eigenvalue weighted by atomic mass is 9.86. The van der Waals surface area contributed by atoms with Gasteiger partial charge in [0.05, 0.1) is 21.7 Å². The molecule has 0 N–H and O–H groups in total.